The summed E-state index contributed by atoms with van der Waals surface area (Å²) in [5.74, 6) is -0.951. The third kappa shape index (κ3) is 1.01. The van der Waals surface area contributed by atoms with Crippen LogP contribution in [0.2, 0.25) is 0 Å². The van der Waals surface area contributed by atoms with Crippen LogP contribution in [0.5, 0.6) is 0 Å². The van der Waals surface area contributed by atoms with Crippen molar-refractivity contribution in [3.8, 4) is 0 Å². The zero-order valence-corrected chi connectivity index (χ0v) is 6.10. The molecule has 0 aliphatic carbocycles. The molecule has 0 N–H and O–H groups in total. The van der Waals surface area contributed by atoms with Crippen LogP contribution in [0.1, 0.15) is 0 Å². The third-order valence-corrected chi connectivity index (χ3v) is 1.53. The first-order chi connectivity index (χ1) is 6.20. The SMILES string of the molecule is O=[N+]([O-])c1c(F)ccc2nonc12. The van der Waals surface area contributed by atoms with Gasteiger partial charge in [-0.05, 0) is 22.4 Å². The van der Waals surface area contributed by atoms with Crippen LogP contribution in [0.15, 0.2) is 16.8 Å². The number of aromatic nitrogens is 2. The second-order valence-corrected chi connectivity index (χ2v) is 2.29. The summed E-state index contributed by atoms with van der Waals surface area (Å²) in [5, 5.41) is 17.0. The molecule has 0 radical (unpaired) electrons. The van der Waals surface area contributed by atoms with Gasteiger partial charge in [-0.2, -0.15) is 4.39 Å². The molecule has 0 fully saturated rings. The van der Waals surface area contributed by atoms with Crippen molar-refractivity contribution in [2.24, 2.45) is 0 Å². The van der Waals surface area contributed by atoms with Crippen LogP contribution in [0, 0.1) is 15.9 Å². The van der Waals surface area contributed by atoms with E-state index in [-0.39, 0.29) is 11.0 Å². The first kappa shape index (κ1) is 7.59. The van der Waals surface area contributed by atoms with E-state index < -0.39 is 16.4 Å². The fourth-order valence-electron chi connectivity index (χ4n) is 0.987. The van der Waals surface area contributed by atoms with Gasteiger partial charge in [0.2, 0.25) is 11.3 Å². The average molecular weight is 183 g/mol. The summed E-state index contributed by atoms with van der Waals surface area (Å²) in [6.45, 7) is 0. The molecule has 0 saturated carbocycles. The summed E-state index contributed by atoms with van der Waals surface area (Å²) in [5.41, 5.74) is -0.725. The highest BCUT2D eigenvalue weighted by Gasteiger charge is 2.22. The van der Waals surface area contributed by atoms with Crippen LogP contribution in [0.3, 0.4) is 0 Å². The lowest BCUT2D eigenvalue weighted by Crippen LogP contribution is -1.93. The monoisotopic (exact) mass is 183 g/mol. The standard InChI is InChI=1S/C6H2FN3O3/c7-3-1-2-4-5(9-13-8-4)6(3)10(11)12/h1-2H. The second-order valence-electron chi connectivity index (χ2n) is 2.29. The van der Waals surface area contributed by atoms with Gasteiger partial charge in [0.15, 0.2) is 0 Å². The number of rotatable bonds is 1. The van der Waals surface area contributed by atoms with Gasteiger partial charge in [-0.15, -0.1) is 0 Å². The van der Waals surface area contributed by atoms with Gasteiger partial charge in [0.1, 0.15) is 5.52 Å². The van der Waals surface area contributed by atoms with E-state index in [1.54, 1.807) is 0 Å². The molecular weight excluding hydrogens is 181 g/mol. The highest BCUT2D eigenvalue weighted by Crippen LogP contribution is 2.25. The molecule has 1 aromatic carbocycles. The Bertz CT molecular complexity index is 481. The maximum Gasteiger partial charge on any atom is 0.336 e. The van der Waals surface area contributed by atoms with Crippen molar-refractivity contribution in [3.63, 3.8) is 0 Å². The highest BCUT2D eigenvalue weighted by atomic mass is 19.1. The predicted octanol–water partition coefficient (Wildman–Crippen LogP) is 1.27. The molecule has 2 aromatic rings. The molecule has 2 rings (SSSR count). The van der Waals surface area contributed by atoms with Gasteiger partial charge >= 0.3 is 5.69 Å². The minimum Gasteiger partial charge on any atom is -0.258 e. The summed E-state index contributed by atoms with van der Waals surface area (Å²) in [4.78, 5) is 9.53. The third-order valence-electron chi connectivity index (χ3n) is 1.53. The number of nitro groups is 1. The molecule has 1 heterocycles. The molecule has 0 saturated heterocycles. The van der Waals surface area contributed by atoms with Crippen LogP contribution < -0.4 is 0 Å². The Balaban J connectivity index is 2.88. The van der Waals surface area contributed by atoms with Gasteiger partial charge in [-0.1, -0.05) is 0 Å². The molecule has 0 bridgehead atoms. The maximum absolute atomic E-state index is 12.9. The van der Waals surface area contributed by atoms with Crippen LogP contribution in [0.25, 0.3) is 11.0 Å². The maximum atomic E-state index is 12.9. The molecule has 0 amide bonds. The molecule has 0 atom stereocenters. The Kier molecular flexibility index (Phi) is 1.44. The molecular formula is C6H2FN3O3. The van der Waals surface area contributed by atoms with Gasteiger partial charge in [0.25, 0.3) is 0 Å². The van der Waals surface area contributed by atoms with E-state index in [1.165, 1.54) is 6.07 Å². The van der Waals surface area contributed by atoms with Gasteiger partial charge in [-0.25, -0.2) is 4.63 Å². The minimum absolute atomic E-state index is 0.160. The molecule has 7 heteroatoms. The van der Waals surface area contributed by atoms with Crippen molar-refractivity contribution in [1.82, 2.24) is 10.3 Å². The molecule has 0 aliphatic heterocycles. The largest absolute Gasteiger partial charge is 0.336 e. The molecule has 13 heavy (non-hydrogen) atoms. The lowest BCUT2D eigenvalue weighted by atomic mass is 10.2. The van der Waals surface area contributed by atoms with E-state index >= 15 is 0 Å². The average Bonchev–Trinajstić information content (AvgIpc) is 2.50. The van der Waals surface area contributed by atoms with Crippen molar-refractivity contribution >= 4 is 16.7 Å². The lowest BCUT2D eigenvalue weighted by Gasteiger charge is -1.91. The van der Waals surface area contributed by atoms with E-state index in [1.807, 2.05) is 0 Å². The Morgan fingerprint density at radius 2 is 2.23 bits per heavy atom. The number of nitrogens with zero attached hydrogens (tertiary/aromatic N) is 3. The Hall–Kier alpha value is -2.05. The smallest absolute Gasteiger partial charge is 0.258 e. The molecule has 6 nitrogen and oxygen atoms in total. The van der Waals surface area contributed by atoms with Crippen LogP contribution in [0.4, 0.5) is 10.1 Å². The van der Waals surface area contributed by atoms with Gasteiger partial charge in [0, 0.05) is 0 Å². The minimum atomic E-state index is -0.951. The van der Waals surface area contributed by atoms with E-state index in [4.69, 9.17) is 0 Å². The number of halogens is 1. The van der Waals surface area contributed by atoms with Crippen LogP contribution in [-0.2, 0) is 0 Å². The summed E-state index contributed by atoms with van der Waals surface area (Å²) in [6, 6.07) is 2.21. The van der Waals surface area contributed by atoms with E-state index in [9.17, 15) is 14.5 Å². The van der Waals surface area contributed by atoms with Crippen molar-refractivity contribution in [2.75, 3.05) is 0 Å². The second kappa shape index (κ2) is 2.47. The molecule has 0 unspecified atom stereocenters. The highest BCUT2D eigenvalue weighted by molar-refractivity contribution is 5.83. The number of hydrogen-bond donors (Lipinski definition) is 0. The zero-order chi connectivity index (χ0) is 9.42. The van der Waals surface area contributed by atoms with Gasteiger partial charge < -0.3 is 0 Å². The Labute approximate surface area is 70.1 Å². The van der Waals surface area contributed by atoms with Crippen LogP contribution in [-0.4, -0.2) is 15.2 Å². The fourth-order valence-corrected chi connectivity index (χ4v) is 0.987. The lowest BCUT2D eigenvalue weighted by molar-refractivity contribution is -0.385. The number of benzene rings is 1. The number of nitro benzene ring substituents is 1. The Morgan fingerprint density at radius 3 is 2.92 bits per heavy atom. The molecule has 0 aliphatic rings. The molecule has 66 valence electrons. The van der Waals surface area contributed by atoms with Gasteiger partial charge in [-0.3, -0.25) is 10.1 Å². The topological polar surface area (TPSA) is 82.1 Å². The normalized spacial score (nSPS) is 10.5. The zero-order valence-electron chi connectivity index (χ0n) is 6.10. The van der Waals surface area contributed by atoms with Crippen molar-refractivity contribution in [1.29, 1.82) is 0 Å². The van der Waals surface area contributed by atoms with E-state index in [0.29, 0.717) is 0 Å². The van der Waals surface area contributed by atoms with Gasteiger partial charge in [0.05, 0.1) is 4.92 Å². The molecule has 1 aromatic heterocycles. The van der Waals surface area contributed by atoms with Crippen molar-refractivity contribution in [2.45, 2.75) is 0 Å². The summed E-state index contributed by atoms with van der Waals surface area (Å²) < 4.78 is 17.1. The van der Waals surface area contributed by atoms with E-state index in [2.05, 4.69) is 14.9 Å². The molecule has 0 spiro atoms. The van der Waals surface area contributed by atoms with Crippen molar-refractivity contribution in [3.05, 3.63) is 28.1 Å². The summed E-state index contributed by atoms with van der Waals surface area (Å²) >= 11 is 0. The summed E-state index contributed by atoms with van der Waals surface area (Å²) in [6.07, 6.45) is 0. The first-order valence-electron chi connectivity index (χ1n) is 3.25. The van der Waals surface area contributed by atoms with Crippen molar-refractivity contribution < 1.29 is 13.9 Å². The van der Waals surface area contributed by atoms with Crippen LogP contribution >= 0.6 is 0 Å². The quantitative estimate of drug-likeness (QED) is 0.491. The number of fused-ring (bicyclic) bond motifs is 1. The van der Waals surface area contributed by atoms with E-state index in [0.717, 1.165) is 6.07 Å². The predicted molar refractivity (Wildman–Crippen MR) is 38.4 cm³/mol. The summed E-state index contributed by atoms with van der Waals surface area (Å²) in [7, 11) is 0. The fraction of sp³-hybridized carbons (Fsp3) is 0. The number of hydrogen-bond acceptors (Lipinski definition) is 5. The Morgan fingerprint density at radius 1 is 1.46 bits per heavy atom. The first-order valence-corrected chi connectivity index (χ1v) is 3.25.